The minimum atomic E-state index is -1.36. The molecule has 9 heterocycles. The third-order valence-corrected chi connectivity index (χ3v) is 14.9. The van der Waals surface area contributed by atoms with E-state index in [1.165, 1.54) is 33.3 Å². The van der Waals surface area contributed by atoms with Crippen LogP contribution in [0.25, 0.3) is 33.4 Å². The van der Waals surface area contributed by atoms with E-state index in [0.717, 1.165) is 0 Å². The highest BCUT2D eigenvalue weighted by atomic mass is 19.1. The molecule has 1 unspecified atom stereocenters. The number of halogens is 3. The smallest absolute Gasteiger partial charge is 0.266 e. The summed E-state index contributed by atoms with van der Waals surface area (Å²) in [6.07, 6.45) is 14.4. The first-order chi connectivity index (χ1) is 40.4. The van der Waals surface area contributed by atoms with E-state index < -0.39 is 34.5 Å². The summed E-state index contributed by atoms with van der Waals surface area (Å²) in [6.45, 7) is 7.82. The molecule has 3 aromatic carbocycles. The summed E-state index contributed by atoms with van der Waals surface area (Å²) < 4.78 is 47.8. The molecule has 3 aliphatic heterocycles. The maximum Gasteiger partial charge on any atom is 0.266 e. The first-order valence-electron chi connectivity index (χ1n) is 26.5. The van der Waals surface area contributed by atoms with Gasteiger partial charge in [-0.15, -0.1) is 0 Å². The number of rotatable bonds is 12. The first kappa shape index (κ1) is 56.6. The fourth-order valence-electron chi connectivity index (χ4n) is 10.3. The molecule has 12 rings (SSSR count). The topological polar surface area (TPSA) is 268 Å². The number of guanidine groups is 3. The zero-order valence-electron chi connectivity index (χ0n) is 46.5. The Hall–Kier alpha value is -10.7. The van der Waals surface area contributed by atoms with Crippen LogP contribution in [0.5, 0.6) is 0 Å². The van der Waals surface area contributed by atoms with Gasteiger partial charge >= 0.3 is 0 Å². The molecule has 0 saturated heterocycles. The van der Waals surface area contributed by atoms with Gasteiger partial charge in [-0.3, -0.25) is 43.1 Å². The Morgan fingerprint density at radius 1 is 0.405 bits per heavy atom. The molecule has 21 nitrogen and oxygen atoms in total. The number of aromatic nitrogens is 9. The van der Waals surface area contributed by atoms with Gasteiger partial charge in [0.25, 0.3) is 17.7 Å². The molecule has 6 aromatic heterocycles. The molecule has 3 amide bonds. The monoisotopic (exact) mass is 1130 g/mol. The number of amides is 3. The van der Waals surface area contributed by atoms with E-state index in [1.54, 1.807) is 182 Å². The summed E-state index contributed by atoms with van der Waals surface area (Å²) in [4.78, 5) is 68.5. The largest absolute Gasteiger partial charge is 0.369 e. The minimum Gasteiger partial charge on any atom is -0.369 e. The molecule has 0 bridgehead atoms. The molecule has 3 atom stereocenters. The molecule has 84 heavy (non-hydrogen) atoms. The van der Waals surface area contributed by atoms with Gasteiger partial charge in [0, 0.05) is 111 Å². The Balaban J connectivity index is 0.000000140. The van der Waals surface area contributed by atoms with Crippen LogP contribution < -0.4 is 17.2 Å². The first-order valence-corrected chi connectivity index (χ1v) is 26.5. The fraction of sp³-hybridized carbons (Fsp3) is 0.200. The van der Waals surface area contributed by atoms with Gasteiger partial charge in [-0.25, -0.2) is 29.9 Å². The van der Waals surface area contributed by atoms with Crippen LogP contribution in [0.4, 0.5) is 13.2 Å². The van der Waals surface area contributed by atoms with Gasteiger partial charge in [0.2, 0.25) is 17.8 Å². The molecule has 0 spiro atoms. The molecule has 426 valence electrons. The van der Waals surface area contributed by atoms with Crippen molar-refractivity contribution in [1.82, 2.24) is 59.0 Å². The number of benzene rings is 3. The Morgan fingerprint density at radius 3 is 0.893 bits per heavy atom. The second kappa shape index (κ2) is 22.7. The van der Waals surface area contributed by atoms with Crippen LogP contribution in [0.1, 0.15) is 54.2 Å². The molecule has 0 aliphatic carbocycles. The Bertz CT molecular complexity index is 3690. The van der Waals surface area contributed by atoms with E-state index >= 15 is 0 Å². The standard InChI is InChI=1S/3C20H19FN6O/c3*1-3-27-12-15(11-24-27)20(18(28)26(2)19(22)25-20)14-7-4-6-13(10-14)16-8-5-9-23-17(16)21/h3*4-12H,3H2,1-2H3,(H2,22,25)/t2*20-;/m10./s1. The van der Waals surface area contributed by atoms with Crippen LogP contribution in [0.2, 0.25) is 0 Å². The third-order valence-electron chi connectivity index (χ3n) is 14.9. The van der Waals surface area contributed by atoms with Crippen molar-refractivity contribution in [3.63, 3.8) is 0 Å². The number of carbonyl (C=O) groups is 3. The number of carbonyl (C=O) groups excluding carboxylic acids is 3. The van der Waals surface area contributed by atoms with Gasteiger partial charge in [-0.05, 0) is 109 Å². The number of nitrogens with two attached hydrogens (primary N) is 3. The molecule has 6 N–H and O–H groups in total. The van der Waals surface area contributed by atoms with E-state index in [2.05, 4.69) is 45.2 Å². The molecule has 3 aliphatic rings. The SMILES string of the molecule is CCn1cc(C2(c3cccc(-c4cccnc4F)c3)N=C(N)N(C)C2=O)cn1.CCn1cc([C@@]2(c3cccc(-c4cccnc4F)c3)N=C(N)N(C)C2=O)cn1.CCn1cc([C@]2(c3cccc(-c4cccnc4F)c3)N=C(N)N(C)C2=O)cn1. The van der Waals surface area contributed by atoms with Crippen LogP contribution in [-0.4, -0.2) is 116 Å². The fourth-order valence-corrected chi connectivity index (χ4v) is 10.3. The summed E-state index contributed by atoms with van der Waals surface area (Å²) in [5, 5.41) is 12.9. The molecule has 0 radical (unpaired) electrons. The number of likely N-dealkylation sites (N-methyl/N-ethyl adjacent to an activating group) is 3. The predicted octanol–water partition coefficient (Wildman–Crippen LogP) is 6.40. The summed E-state index contributed by atoms with van der Waals surface area (Å²) in [5.41, 5.74) is 20.3. The number of aliphatic imine (C=N–C) groups is 3. The van der Waals surface area contributed by atoms with Crippen LogP contribution in [0.3, 0.4) is 0 Å². The summed E-state index contributed by atoms with van der Waals surface area (Å²) in [6, 6.07) is 31.1. The van der Waals surface area contributed by atoms with Gasteiger partial charge in [0.15, 0.2) is 34.5 Å². The lowest BCUT2D eigenvalue weighted by Crippen LogP contribution is -2.41. The van der Waals surface area contributed by atoms with E-state index in [0.29, 0.717) is 86.4 Å². The lowest BCUT2D eigenvalue weighted by Gasteiger charge is -2.25. The van der Waals surface area contributed by atoms with Gasteiger partial charge < -0.3 is 17.2 Å². The lowest BCUT2D eigenvalue weighted by molar-refractivity contribution is -0.130. The Morgan fingerprint density at radius 2 is 0.679 bits per heavy atom. The van der Waals surface area contributed by atoms with Gasteiger partial charge in [0.1, 0.15) is 0 Å². The quantitative estimate of drug-likeness (QED) is 0.112. The molecule has 0 saturated carbocycles. The number of pyridine rings is 3. The zero-order chi connectivity index (χ0) is 59.7. The highest BCUT2D eigenvalue weighted by Gasteiger charge is 2.53. The number of hydrogen-bond acceptors (Lipinski definition) is 15. The molecule has 9 aromatic rings. The highest BCUT2D eigenvalue weighted by molar-refractivity contribution is 6.10. The highest BCUT2D eigenvalue weighted by Crippen LogP contribution is 2.44. The van der Waals surface area contributed by atoms with E-state index in [4.69, 9.17) is 17.2 Å². The van der Waals surface area contributed by atoms with Crippen molar-refractivity contribution >= 4 is 35.6 Å². The van der Waals surface area contributed by atoms with Crippen molar-refractivity contribution in [3.05, 3.63) is 216 Å². The van der Waals surface area contributed by atoms with Crippen LogP contribution in [-0.2, 0) is 50.6 Å². The Labute approximate surface area is 480 Å². The van der Waals surface area contributed by atoms with Crippen molar-refractivity contribution in [2.45, 2.75) is 57.0 Å². The van der Waals surface area contributed by atoms with Gasteiger partial charge in [-0.1, -0.05) is 54.6 Å². The lowest BCUT2D eigenvalue weighted by atomic mass is 9.83. The Kier molecular flexibility index (Phi) is 15.3. The maximum absolute atomic E-state index is 14.2. The molecular weight excluding hydrogens is 1080 g/mol. The van der Waals surface area contributed by atoms with Gasteiger partial charge in [0.05, 0.1) is 18.6 Å². The van der Waals surface area contributed by atoms with Crippen molar-refractivity contribution in [2.75, 3.05) is 21.1 Å². The van der Waals surface area contributed by atoms with Crippen molar-refractivity contribution in [3.8, 4) is 33.4 Å². The van der Waals surface area contributed by atoms with Crippen LogP contribution in [0.15, 0.2) is 180 Å². The van der Waals surface area contributed by atoms with Crippen molar-refractivity contribution in [2.24, 2.45) is 32.2 Å². The summed E-state index contributed by atoms with van der Waals surface area (Å²) >= 11 is 0. The van der Waals surface area contributed by atoms with E-state index in [1.807, 2.05) is 20.8 Å². The zero-order valence-corrected chi connectivity index (χ0v) is 46.5. The second-order valence-electron chi connectivity index (χ2n) is 19.7. The predicted molar refractivity (Wildman–Crippen MR) is 308 cm³/mol. The normalized spacial score (nSPS) is 19.2. The molecule has 24 heteroatoms. The number of aryl methyl sites for hydroxylation is 3. The minimum absolute atomic E-state index is 0.118. The second-order valence-corrected chi connectivity index (χ2v) is 19.7. The number of hydrogen-bond donors (Lipinski definition) is 3. The molecular formula is C60H57F3N18O3. The van der Waals surface area contributed by atoms with E-state index in [-0.39, 0.29) is 35.6 Å². The van der Waals surface area contributed by atoms with Crippen LogP contribution >= 0.6 is 0 Å². The molecule has 0 fully saturated rings. The maximum atomic E-state index is 14.2. The average molecular weight is 1140 g/mol. The van der Waals surface area contributed by atoms with Crippen LogP contribution in [0, 0.1) is 17.8 Å². The number of nitrogens with zero attached hydrogens (tertiary/aromatic N) is 15. The van der Waals surface area contributed by atoms with Crippen molar-refractivity contribution in [1.29, 1.82) is 0 Å². The van der Waals surface area contributed by atoms with E-state index in [9.17, 15) is 27.6 Å². The summed E-state index contributed by atoms with van der Waals surface area (Å²) in [5.74, 6) is -2.24. The van der Waals surface area contributed by atoms with Gasteiger partial charge in [-0.2, -0.15) is 28.5 Å². The third kappa shape index (κ3) is 9.75. The summed E-state index contributed by atoms with van der Waals surface area (Å²) in [7, 11) is 4.74. The van der Waals surface area contributed by atoms with Crippen molar-refractivity contribution < 1.29 is 27.6 Å². The average Bonchev–Trinajstić information content (AvgIpc) is 2.29.